The van der Waals surface area contributed by atoms with E-state index >= 15 is 0 Å². The van der Waals surface area contributed by atoms with Crippen molar-refractivity contribution in [3.63, 3.8) is 0 Å². The summed E-state index contributed by atoms with van der Waals surface area (Å²) in [4.78, 5) is 11.4. The third-order valence-corrected chi connectivity index (χ3v) is 5.62. The number of hydrogen-bond donors (Lipinski definition) is 1. The van der Waals surface area contributed by atoms with Gasteiger partial charge in [0.1, 0.15) is 0 Å². The van der Waals surface area contributed by atoms with Crippen molar-refractivity contribution in [2.45, 2.75) is 5.32 Å². The van der Waals surface area contributed by atoms with Crippen molar-refractivity contribution in [3.8, 4) is 0 Å². The Morgan fingerprint density at radius 1 is 1.25 bits per heavy atom. The Labute approximate surface area is 104 Å². The average molecular weight is 297 g/mol. The molecule has 1 N–H and O–H groups in total. The normalized spacial score (nSPS) is 10.2. The predicted octanol–water partition coefficient (Wildman–Crippen LogP) is 1.98. The van der Waals surface area contributed by atoms with Crippen LogP contribution in [0, 0.1) is 0 Å². The van der Waals surface area contributed by atoms with Crippen LogP contribution in [0.1, 0.15) is 15.2 Å². The molecule has 0 saturated carbocycles. The van der Waals surface area contributed by atoms with Crippen LogP contribution in [0.5, 0.6) is 0 Å². The molecule has 0 aliphatic heterocycles. The maximum atomic E-state index is 10.9. The van der Waals surface area contributed by atoms with Crippen LogP contribution in [0.25, 0.3) is 0 Å². The molecule has 1 aromatic carbocycles. The number of carboxylic acids is 1. The summed E-state index contributed by atoms with van der Waals surface area (Å²) in [7, 11) is 0. The zero-order valence-electron chi connectivity index (χ0n) is 8.42. The molecule has 2 rings (SSSR count). The van der Waals surface area contributed by atoms with Gasteiger partial charge in [-0.1, -0.05) is 0 Å². The second-order valence-corrected chi connectivity index (χ2v) is 6.24. The zero-order valence-corrected chi connectivity index (χ0v) is 11.0. The van der Waals surface area contributed by atoms with Crippen molar-refractivity contribution in [3.05, 3.63) is 52.2 Å². The number of thiophene rings is 1. The summed E-state index contributed by atoms with van der Waals surface area (Å²) in [5, 5.41) is 11.8. The van der Waals surface area contributed by atoms with Gasteiger partial charge in [0.25, 0.3) is 0 Å². The molecule has 0 aliphatic carbocycles. The summed E-state index contributed by atoms with van der Waals surface area (Å²) in [6, 6.07) is 12.1. The molecule has 0 bridgehead atoms. The van der Waals surface area contributed by atoms with Crippen molar-refractivity contribution in [2.24, 2.45) is 0 Å². The summed E-state index contributed by atoms with van der Waals surface area (Å²) < 4.78 is 0.994. The van der Waals surface area contributed by atoms with E-state index < -0.39 is 5.97 Å². The van der Waals surface area contributed by atoms with Crippen LogP contribution in [0.4, 0.5) is 0 Å². The maximum absolute atomic E-state index is 10.9. The number of aromatic carboxylic acids is 1. The van der Waals surface area contributed by atoms with Gasteiger partial charge in [-0.3, -0.25) is 0 Å². The van der Waals surface area contributed by atoms with E-state index in [0.717, 1.165) is 9.78 Å². The van der Waals surface area contributed by atoms with E-state index in [1.54, 1.807) is 0 Å². The molecule has 4 heteroatoms. The van der Waals surface area contributed by atoms with Gasteiger partial charge in [0.2, 0.25) is 0 Å². The molecule has 1 aromatic heterocycles. The van der Waals surface area contributed by atoms with Gasteiger partial charge in [-0.2, -0.15) is 0 Å². The fraction of sp³-hybridized carbons (Fsp3) is 0.0833. The fourth-order valence-corrected chi connectivity index (χ4v) is 4.61. The SMILES string of the molecule is O=C(O)c1sccc1[Se]Cc1ccccc1. The predicted molar refractivity (Wildman–Crippen MR) is 66.8 cm³/mol. The Morgan fingerprint density at radius 3 is 2.69 bits per heavy atom. The molecular weight excluding hydrogens is 287 g/mol. The zero-order chi connectivity index (χ0) is 11.4. The first-order chi connectivity index (χ1) is 7.77. The van der Waals surface area contributed by atoms with Crippen molar-refractivity contribution in [2.75, 3.05) is 0 Å². The monoisotopic (exact) mass is 298 g/mol. The number of hydrogen-bond acceptors (Lipinski definition) is 2. The molecule has 0 amide bonds. The van der Waals surface area contributed by atoms with Crippen molar-refractivity contribution < 1.29 is 9.90 Å². The Kier molecular flexibility index (Phi) is 3.78. The number of carbonyl (C=O) groups is 1. The van der Waals surface area contributed by atoms with Crippen LogP contribution in [-0.4, -0.2) is 26.0 Å². The first-order valence-electron chi connectivity index (χ1n) is 4.75. The standard InChI is InChI=1S/C12H10O2SSe/c13-12(14)11-10(6-7-15-11)16-8-9-4-2-1-3-5-9/h1-7H,8H2,(H,13,14). The molecule has 2 nitrogen and oxygen atoms in total. The second kappa shape index (κ2) is 5.30. The average Bonchev–Trinajstić information content (AvgIpc) is 2.76. The van der Waals surface area contributed by atoms with Crippen LogP contribution >= 0.6 is 11.3 Å². The molecule has 2 aromatic rings. The van der Waals surface area contributed by atoms with E-state index in [9.17, 15) is 4.79 Å². The van der Waals surface area contributed by atoms with Crippen molar-refractivity contribution >= 4 is 36.7 Å². The molecule has 1 heterocycles. The Bertz CT molecular complexity index is 479. The molecule has 82 valence electrons. The van der Waals surface area contributed by atoms with Crippen LogP contribution in [-0.2, 0) is 5.32 Å². The molecule has 0 saturated heterocycles. The first kappa shape index (κ1) is 11.4. The molecule has 0 radical (unpaired) electrons. The Balaban J connectivity index is 2.05. The molecule has 0 aliphatic rings. The van der Waals surface area contributed by atoms with Crippen LogP contribution in [0.3, 0.4) is 0 Å². The molecule has 0 unspecified atom stereocenters. The summed E-state index contributed by atoms with van der Waals surface area (Å²) in [5.41, 5.74) is 1.27. The quantitative estimate of drug-likeness (QED) is 0.876. The van der Waals surface area contributed by atoms with E-state index in [4.69, 9.17) is 5.11 Å². The Morgan fingerprint density at radius 2 is 2.00 bits per heavy atom. The Hall–Kier alpha value is -1.09. The van der Waals surface area contributed by atoms with Gasteiger partial charge >= 0.3 is 104 Å². The summed E-state index contributed by atoms with van der Waals surface area (Å²) in [6.45, 7) is 0. The summed E-state index contributed by atoms with van der Waals surface area (Å²) in [5.74, 6) is -0.806. The van der Waals surface area contributed by atoms with E-state index in [2.05, 4.69) is 12.1 Å². The van der Waals surface area contributed by atoms with Crippen LogP contribution < -0.4 is 4.46 Å². The molecule has 16 heavy (non-hydrogen) atoms. The van der Waals surface area contributed by atoms with Crippen LogP contribution in [0.2, 0.25) is 0 Å². The van der Waals surface area contributed by atoms with E-state index in [-0.39, 0.29) is 15.0 Å². The van der Waals surface area contributed by atoms with Crippen LogP contribution in [0.15, 0.2) is 41.8 Å². The minimum atomic E-state index is -0.806. The van der Waals surface area contributed by atoms with Gasteiger partial charge in [-0.25, -0.2) is 0 Å². The number of carboxylic acid groups (broad SMARTS) is 1. The van der Waals surface area contributed by atoms with E-state index in [1.165, 1.54) is 16.9 Å². The minimum absolute atomic E-state index is 0.203. The van der Waals surface area contributed by atoms with Gasteiger partial charge in [0.05, 0.1) is 0 Å². The third kappa shape index (κ3) is 2.73. The molecule has 0 atom stereocenters. The van der Waals surface area contributed by atoms with Gasteiger partial charge in [-0.05, 0) is 0 Å². The molecule has 0 fully saturated rings. The second-order valence-electron chi connectivity index (χ2n) is 3.19. The van der Waals surface area contributed by atoms with E-state index in [1.807, 2.05) is 29.6 Å². The van der Waals surface area contributed by atoms with Crippen molar-refractivity contribution in [1.29, 1.82) is 0 Å². The van der Waals surface area contributed by atoms with Crippen molar-refractivity contribution in [1.82, 2.24) is 0 Å². The molecular formula is C12H10O2SSe. The third-order valence-electron chi connectivity index (χ3n) is 2.06. The van der Waals surface area contributed by atoms with Gasteiger partial charge in [-0.15, -0.1) is 0 Å². The van der Waals surface area contributed by atoms with Gasteiger partial charge in [0.15, 0.2) is 0 Å². The van der Waals surface area contributed by atoms with Gasteiger partial charge in [0, 0.05) is 0 Å². The number of benzene rings is 1. The summed E-state index contributed by atoms with van der Waals surface area (Å²) >= 11 is 1.51. The first-order valence-corrected chi connectivity index (χ1v) is 7.69. The van der Waals surface area contributed by atoms with E-state index in [0.29, 0.717) is 4.88 Å². The molecule has 0 spiro atoms. The number of rotatable bonds is 4. The van der Waals surface area contributed by atoms with Gasteiger partial charge < -0.3 is 0 Å². The topological polar surface area (TPSA) is 37.3 Å². The fourth-order valence-electron chi connectivity index (χ4n) is 1.30. The summed E-state index contributed by atoms with van der Waals surface area (Å²) in [6.07, 6.45) is 0.